The minimum atomic E-state index is -0.0883. The molecule has 3 heterocycles. The minimum Gasteiger partial charge on any atom is -0.383 e. The molecule has 4 rings (SSSR count). The van der Waals surface area contributed by atoms with Crippen molar-refractivity contribution in [1.82, 2.24) is 19.8 Å². The third kappa shape index (κ3) is 4.05. The van der Waals surface area contributed by atoms with Gasteiger partial charge in [0.05, 0.1) is 12.6 Å². The number of ether oxygens (including phenoxy) is 1. The number of aromatic amines is 1. The Morgan fingerprint density at radius 3 is 3.00 bits per heavy atom. The molecule has 1 aliphatic rings. The van der Waals surface area contributed by atoms with Gasteiger partial charge in [-0.15, -0.1) is 0 Å². The van der Waals surface area contributed by atoms with Crippen LogP contribution in [0.15, 0.2) is 48.8 Å². The van der Waals surface area contributed by atoms with Gasteiger partial charge in [-0.25, -0.2) is 0 Å². The molecule has 0 radical (unpaired) electrons. The maximum atomic E-state index is 12.8. The van der Waals surface area contributed by atoms with Gasteiger partial charge in [0.2, 0.25) is 5.91 Å². The van der Waals surface area contributed by atoms with Gasteiger partial charge in [-0.1, -0.05) is 18.2 Å². The summed E-state index contributed by atoms with van der Waals surface area (Å²) in [5.74, 6) is -0.0240. The first-order valence-corrected chi connectivity index (χ1v) is 9.94. The van der Waals surface area contributed by atoms with Crippen LogP contribution in [-0.2, 0) is 22.5 Å². The molecule has 1 aromatic carbocycles. The van der Waals surface area contributed by atoms with E-state index < -0.39 is 0 Å². The highest BCUT2D eigenvalue weighted by molar-refractivity contribution is 5.93. The van der Waals surface area contributed by atoms with Gasteiger partial charge in [-0.3, -0.25) is 9.59 Å². The fourth-order valence-corrected chi connectivity index (χ4v) is 3.96. The van der Waals surface area contributed by atoms with E-state index in [0.29, 0.717) is 44.8 Å². The van der Waals surface area contributed by atoms with E-state index in [9.17, 15) is 9.59 Å². The lowest BCUT2D eigenvalue weighted by atomic mass is 10.1. The van der Waals surface area contributed by atoms with Crippen LogP contribution in [0, 0.1) is 0 Å². The Hall–Kier alpha value is -3.06. The SMILES string of the molecule is COCCN1C(=O)c2cccn2CC1CNC(=O)CCc1c[nH]c2ccccc12. The second kappa shape index (κ2) is 8.53. The molecule has 1 atom stereocenters. The average molecular weight is 394 g/mol. The van der Waals surface area contributed by atoms with Gasteiger partial charge in [0.1, 0.15) is 5.69 Å². The lowest BCUT2D eigenvalue weighted by Gasteiger charge is -2.36. The van der Waals surface area contributed by atoms with Crippen LogP contribution in [0.3, 0.4) is 0 Å². The number of rotatable bonds is 8. The molecular formula is C22H26N4O3. The quantitative estimate of drug-likeness (QED) is 0.615. The number of para-hydroxylation sites is 1. The molecule has 0 bridgehead atoms. The van der Waals surface area contributed by atoms with E-state index in [1.165, 1.54) is 0 Å². The topological polar surface area (TPSA) is 79.4 Å². The van der Waals surface area contributed by atoms with Gasteiger partial charge in [0, 0.05) is 56.5 Å². The van der Waals surface area contributed by atoms with Crippen LogP contribution >= 0.6 is 0 Å². The Kier molecular flexibility index (Phi) is 5.67. The Labute approximate surface area is 169 Å². The van der Waals surface area contributed by atoms with E-state index >= 15 is 0 Å². The molecule has 3 aromatic rings. The molecule has 7 nitrogen and oxygen atoms in total. The van der Waals surface area contributed by atoms with Gasteiger partial charge >= 0.3 is 0 Å². The zero-order chi connectivity index (χ0) is 20.2. The third-order valence-electron chi connectivity index (χ3n) is 5.53. The predicted octanol–water partition coefficient (Wildman–Crippen LogP) is 2.19. The number of hydrogen-bond donors (Lipinski definition) is 2. The van der Waals surface area contributed by atoms with E-state index in [0.717, 1.165) is 16.5 Å². The molecule has 0 aliphatic carbocycles. The average Bonchev–Trinajstić information content (AvgIpc) is 3.37. The van der Waals surface area contributed by atoms with Crippen LogP contribution in [0.2, 0.25) is 0 Å². The number of H-pyrrole nitrogens is 1. The summed E-state index contributed by atoms with van der Waals surface area (Å²) in [5.41, 5.74) is 2.91. The first kappa shape index (κ1) is 19.3. The first-order valence-electron chi connectivity index (χ1n) is 9.94. The second-order valence-corrected chi connectivity index (χ2v) is 7.35. The first-order chi connectivity index (χ1) is 14.2. The number of aryl methyl sites for hydroxylation is 1. The molecule has 1 unspecified atom stereocenters. The number of nitrogens with zero attached hydrogens (tertiary/aromatic N) is 2. The molecule has 2 N–H and O–H groups in total. The highest BCUT2D eigenvalue weighted by atomic mass is 16.5. The van der Waals surface area contributed by atoms with Crippen LogP contribution in [0.4, 0.5) is 0 Å². The summed E-state index contributed by atoms with van der Waals surface area (Å²) in [6, 6.07) is 11.7. The molecule has 29 heavy (non-hydrogen) atoms. The number of aromatic nitrogens is 2. The Morgan fingerprint density at radius 2 is 2.14 bits per heavy atom. The number of fused-ring (bicyclic) bond motifs is 2. The number of hydrogen-bond acceptors (Lipinski definition) is 3. The van der Waals surface area contributed by atoms with Crippen molar-refractivity contribution >= 4 is 22.7 Å². The van der Waals surface area contributed by atoms with Crippen LogP contribution in [0.1, 0.15) is 22.5 Å². The molecule has 0 saturated carbocycles. The molecular weight excluding hydrogens is 368 g/mol. The van der Waals surface area contributed by atoms with Crippen molar-refractivity contribution in [2.45, 2.75) is 25.4 Å². The summed E-state index contributed by atoms with van der Waals surface area (Å²) in [6.07, 6.45) is 4.97. The summed E-state index contributed by atoms with van der Waals surface area (Å²) in [5, 5.41) is 4.17. The summed E-state index contributed by atoms with van der Waals surface area (Å²) >= 11 is 0. The van der Waals surface area contributed by atoms with Crippen LogP contribution in [0.5, 0.6) is 0 Å². The van der Waals surface area contributed by atoms with Crippen molar-refractivity contribution in [2.24, 2.45) is 0 Å². The molecule has 7 heteroatoms. The van der Waals surface area contributed by atoms with Crippen LogP contribution < -0.4 is 5.32 Å². The van der Waals surface area contributed by atoms with Crippen molar-refractivity contribution < 1.29 is 14.3 Å². The van der Waals surface area contributed by atoms with Crippen LogP contribution in [0.25, 0.3) is 10.9 Å². The largest absolute Gasteiger partial charge is 0.383 e. The van der Waals surface area contributed by atoms with Gasteiger partial charge < -0.3 is 24.5 Å². The molecule has 1 aliphatic heterocycles. The Balaban J connectivity index is 1.35. The Morgan fingerprint density at radius 1 is 1.28 bits per heavy atom. The van der Waals surface area contributed by atoms with E-state index in [-0.39, 0.29) is 17.9 Å². The van der Waals surface area contributed by atoms with Gasteiger partial charge in [0.25, 0.3) is 5.91 Å². The monoisotopic (exact) mass is 394 g/mol. The zero-order valence-corrected chi connectivity index (χ0v) is 16.6. The zero-order valence-electron chi connectivity index (χ0n) is 16.6. The molecule has 2 amide bonds. The number of methoxy groups -OCH3 is 1. The minimum absolute atomic E-state index is 0.00674. The lowest BCUT2D eigenvalue weighted by Crippen LogP contribution is -2.53. The Bertz CT molecular complexity index is 1010. The molecule has 0 saturated heterocycles. The van der Waals surface area contributed by atoms with E-state index in [1.807, 2.05) is 47.3 Å². The predicted molar refractivity (Wildman–Crippen MR) is 111 cm³/mol. The standard InChI is InChI=1S/C22H26N4O3/c1-29-12-11-26-17(15-25-10-4-7-20(25)22(26)28)14-24-21(27)9-8-16-13-23-19-6-3-2-5-18(16)19/h2-7,10,13,17,23H,8-9,11-12,14-15H2,1H3,(H,24,27). The summed E-state index contributed by atoms with van der Waals surface area (Å²) in [4.78, 5) is 30.3. The van der Waals surface area contributed by atoms with Crippen molar-refractivity contribution in [3.8, 4) is 0 Å². The summed E-state index contributed by atoms with van der Waals surface area (Å²) in [6.45, 7) is 2.08. The lowest BCUT2D eigenvalue weighted by molar-refractivity contribution is -0.121. The van der Waals surface area contributed by atoms with E-state index in [4.69, 9.17) is 4.74 Å². The third-order valence-corrected chi connectivity index (χ3v) is 5.53. The normalized spacial score (nSPS) is 16.2. The second-order valence-electron chi connectivity index (χ2n) is 7.35. The number of nitrogens with one attached hydrogen (secondary N) is 2. The van der Waals surface area contributed by atoms with E-state index in [1.54, 1.807) is 12.0 Å². The summed E-state index contributed by atoms with van der Waals surface area (Å²) < 4.78 is 7.11. The van der Waals surface area contributed by atoms with Crippen LogP contribution in [-0.4, -0.2) is 59.1 Å². The number of carbonyl (C=O) groups is 2. The fraction of sp³-hybridized carbons (Fsp3) is 0.364. The van der Waals surface area contributed by atoms with Crippen molar-refractivity contribution in [3.63, 3.8) is 0 Å². The maximum Gasteiger partial charge on any atom is 0.270 e. The highest BCUT2D eigenvalue weighted by Gasteiger charge is 2.31. The number of amides is 2. The fourth-order valence-electron chi connectivity index (χ4n) is 3.96. The molecule has 152 valence electrons. The van der Waals surface area contributed by atoms with Gasteiger partial charge in [0.15, 0.2) is 0 Å². The maximum absolute atomic E-state index is 12.8. The van der Waals surface area contributed by atoms with Crippen molar-refractivity contribution in [1.29, 1.82) is 0 Å². The molecule has 2 aromatic heterocycles. The molecule has 0 spiro atoms. The van der Waals surface area contributed by atoms with Crippen molar-refractivity contribution in [3.05, 3.63) is 60.0 Å². The van der Waals surface area contributed by atoms with Crippen molar-refractivity contribution in [2.75, 3.05) is 26.8 Å². The van der Waals surface area contributed by atoms with Gasteiger partial charge in [-0.2, -0.15) is 0 Å². The van der Waals surface area contributed by atoms with E-state index in [2.05, 4.69) is 16.4 Å². The number of carbonyl (C=O) groups excluding carboxylic acids is 2. The highest BCUT2D eigenvalue weighted by Crippen LogP contribution is 2.20. The number of benzene rings is 1. The van der Waals surface area contributed by atoms with Gasteiger partial charge in [-0.05, 0) is 30.2 Å². The molecule has 0 fully saturated rings. The summed E-state index contributed by atoms with van der Waals surface area (Å²) in [7, 11) is 1.62. The smallest absolute Gasteiger partial charge is 0.270 e.